The molecule has 0 saturated carbocycles. The molecular weight excluding hydrogens is 256 g/mol. The summed E-state index contributed by atoms with van der Waals surface area (Å²) in [4.78, 5) is 4.12. The maximum atomic E-state index is 8.95. The van der Waals surface area contributed by atoms with E-state index in [1.807, 2.05) is 6.07 Å². The highest BCUT2D eigenvalue weighted by atomic mass is 16.5. The Hall–Kier alpha value is -2.94. The van der Waals surface area contributed by atoms with E-state index in [-0.39, 0.29) is 0 Å². The van der Waals surface area contributed by atoms with Gasteiger partial charge in [0, 0.05) is 30.1 Å². The fourth-order valence-corrected chi connectivity index (χ4v) is 1.69. The molecule has 102 valence electrons. The normalized spacial score (nSPS) is 9.65. The fourth-order valence-electron chi connectivity index (χ4n) is 1.69. The molecule has 0 spiro atoms. The summed E-state index contributed by atoms with van der Waals surface area (Å²) in [7, 11) is 3.14. The lowest BCUT2D eigenvalue weighted by Gasteiger charge is -2.12. The number of ether oxygens (including phenoxy) is 2. The molecule has 2 rings (SSSR count). The smallest absolute Gasteiger partial charge is 0.154 e. The summed E-state index contributed by atoms with van der Waals surface area (Å²) in [5.41, 5.74) is 7.25. The quantitative estimate of drug-likeness (QED) is 0.885. The van der Waals surface area contributed by atoms with Gasteiger partial charge in [-0.25, -0.2) is 4.98 Å². The fraction of sp³-hybridized carbons (Fsp3) is 0.143. The summed E-state index contributed by atoms with van der Waals surface area (Å²) >= 11 is 0. The molecule has 0 aliphatic carbocycles. The van der Waals surface area contributed by atoms with E-state index >= 15 is 0 Å². The first-order valence-corrected chi connectivity index (χ1v) is 5.82. The zero-order valence-electron chi connectivity index (χ0n) is 11.2. The minimum atomic E-state index is 0.303. The Balaban J connectivity index is 2.37. The zero-order chi connectivity index (χ0) is 14.5. The summed E-state index contributed by atoms with van der Waals surface area (Å²) in [5, 5.41) is 12.0. The van der Waals surface area contributed by atoms with Crippen molar-refractivity contribution in [3.63, 3.8) is 0 Å². The number of nitrogens with zero attached hydrogens (tertiary/aromatic N) is 2. The number of rotatable bonds is 4. The predicted octanol–water partition coefficient (Wildman–Crippen LogP) is 2.30. The Morgan fingerprint density at radius 3 is 2.40 bits per heavy atom. The topological polar surface area (TPSA) is 93.2 Å². The Bertz CT molecular complexity index is 642. The first-order chi connectivity index (χ1) is 9.67. The lowest BCUT2D eigenvalue weighted by molar-refractivity contribution is 0.395. The number of nitrogens with one attached hydrogen (secondary N) is 1. The third-order valence-corrected chi connectivity index (χ3v) is 2.72. The summed E-state index contributed by atoms with van der Waals surface area (Å²) in [6.07, 6.45) is 1.52. The average Bonchev–Trinajstić information content (AvgIpc) is 2.49. The third-order valence-electron chi connectivity index (χ3n) is 2.72. The molecule has 1 heterocycles. The van der Waals surface area contributed by atoms with Gasteiger partial charge in [0.25, 0.3) is 0 Å². The van der Waals surface area contributed by atoms with Crippen molar-refractivity contribution in [1.82, 2.24) is 4.98 Å². The highest BCUT2D eigenvalue weighted by Crippen LogP contribution is 2.29. The van der Waals surface area contributed by atoms with Gasteiger partial charge in [0.1, 0.15) is 17.6 Å². The number of aromatic nitrogens is 1. The van der Waals surface area contributed by atoms with E-state index in [9.17, 15) is 0 Å². The molecule has 0 saturated heterocycles. The number of nitriles is 1. The standard InChI is InChI=1S/C14H14N4O2/c1-19-11-5-10(6-12(7-11)20-2)18-14-13(16)9(8-15)3-4-17-14/h3-7H,16H2,1-2H3,(H,17,18). The van der Waals surface area contributed by atoms with E-state index in [1.54, 1.807) is 38.5 Å². The van der Waals surface area contributed by atoms with Crippen LogP contribution in [0.5, 0.6) is 11.5 Å². The van der Waals surface area contributed by atoms with Gasteiger partial charge >= 0.3 is 0 Å². The maximum Gasteiger partial charge on any atom is 0.154 e. The van der Waals surface area contributed by atoms with Crippen molar-refractivity contribution in [3.8, 4) is 17.6 Å². The molecule has 0 aliphatic heterocycles. The minimum absolute atomic E-state index is 0.303. The van der Waals surface area contributed by atoms with Crippen molar-refractivity contribution in [3.05, 3.63) is 36.0 Å². The first kappa shape index (κ1) is 13.5. The van der Waals surface area contributed by atoms with Gasteiger partial charge < -0.3 is 20.5 Å². The number of pyridine rings is 1. The van der Waals surface area contributed by atoms with E-state index in [4.69, 9.17) is 20.5 Å². The lowest BCUT2D eigenvalue weighted by atomic mass is 10.2. The van der Waals surface area contributed by atoms with E-state index in [0.29, 0.717) is 34.3 Å². The maximum absolute atomic E-state index is 8.95. The van der Waals surface area contributed by atoms with Gasteiger partial charge in [0.15, 0.2) is 5.82 Å². The van der Waals surface area contributed by atoms with Gasteiger partial charge in [-0.2, -0.15) is 5.26 Å². The largest absolute Gasteiger partial charge is 0.497 e. The number of anilines is 3. The molecule has 0 fully saturated rings. The van der Waals surface area contributed by atoms with Crippen LogP contribution in [0.1, 0.15) is 5.56 Å². The number of benzene rings is 1. The van der Waals surface area contributed by atoms with Crippen LogP contribution in [0.25, 0.3) is 0 Å². The Morgan fingerprint density at radius 2 is 1.85 bits per heavy atom. The monoisotopic (exact) mass is 270 g/mol. The van der Waals surface area contributed by atoms with Crippen LogP contribution in [0.2, 0.25) is 0 Å². The highest BCUT2D eigenvalue weighted by Gasteiger charge is 2.08. The predicted molar refractivity (Wildman–Crippen MR) is 76.2 cm³/mol. The number of nitrogens with two attached hydrogens (primary N) is 1. The van der Waals surface area contributed by atoms with Crippen LogP contribution < -0.4 is 20.5 Å². The van der Waals surface area contributed by atoms with Gasteiger partial charge in [0.2, 0.25) is 0 Å². The van der Waals surface area contributed by atoms with Gasteiger partial charge in [0.05, 0.1) is 25.5 Å². The van der Waals surface area contributed by atoms with Crippen LogP contribution in [0.4, 0.5) is 17.2 Å². The van der Waals surface area contributed by atoms with Crippen LogP contribution in [0, 0.1) is 11.3 Å². The van der Waals surface area contributed by atoms with Crippen molar-refractivity contribution in [2.24, 2.45) is 0 Å². The SMILES string of the molecule is COc1cc(Nc2nccc(C#N)c2N)cc(OC)c1. The third kappa shape index (κ3) is 2.72. The molecule has 0 radical (unpaired) electrons. The highest BCUT2D eigenvalue weighted by molar-refractivity contribution is 5.74. The van der Waals surface area contributed by atoms with Crippen molar-refractivity contribution in [2.75, 3.05) is 25.3 Å². The van der Waals surface area contributed by atoms with Crippen LogP contribution >= 0.6 is 0 Å². The molecule has 1 aromatic carbocycles. The van der Waals surface area contributed by atoms with E-state index < -0.39 is 0 Å². The summed E-state index contributed by atoms with van der Waals surface area (Å²) < 4.78 is 10.4. The molecule has 0 bridgehead atoms. The van der Waals surface area contributed by atoms with Crippen LogP contribution in [0.3, 0.4) is 0 Å². The second-order valence-electron chi connectivity index (χ2n) is 3.96. The van der Waals surface area contributed by atoms with E-state index in [0.717, 1.165) is 0 Å². The molecule has 3 N–H and O–H groups in total. The summed E-state index contributed by atoms with van der Waals surface area (Å²) in [5.74, 6) is 1.70. The van der Waals surface area contributed by atoms with Gasteiger partial charge in [-0.1, -0.05) is 0 Å². The van der Waals surface area contributed by atoms with Crippen LogP contribution in [-0.2, 0) is 0 Å². The van der Waals surface area contributed by atoms with E-state index in [2.05, 4.69) is 10.3 Å². The molecule has 6 nitrogen and oxygen atoms in total. The summed E-state index contributed by atoms with van der Waals surface area (Å²) in [6, 6.07) is 8.89. The average molecular weight is 270 g/mol. The minimum Gasteiger partial charge on any atom is -0.497 e. The summed E-state index contributed by atoms with van der Waals surface area (Å²) in [6.45, 7) is 0. The second kappa shape index (κ2) is 5.80. The zero-order valence-corrected chi connectivity index (χ0v) is 11.2. The van der Waals surface area contributed by atoms with Crippen molar-refractivity contribution < 1.29 is 9.47 Å². The van der Waals surface area contributed by atoms with E-state index in [1.165, 1.54) is 6.20 Å². The Morgan fingerprint density at radius 1 is 1.20 bits per heavy atom. The molecule has 0 amide bonds. The molecule has 0 atom stereocenters. The van der Waals surface area contributed by atoms with Gasteiger partial charge in [-0.05, 0) is 6.07 Å². The molecular formula is C14H14N4O2. The lowest BCUT2D eigenvalue weighted by Crippen LogP contribution is -2.01. The molecule has 20 heavy (non-hydrogen) atoms. The van der Waals surface area contributed by atoms with Crippen molar-refractivity contribution in [1.29, 1.82) is 5.26 Å². The molecule has 0 unspecified atom stereocenters. The Kier molecular flexibility index (Phi) is 3.91. The second-order valence-corrected chi connectivity index (χ2v) is 3.96. The van der Waals surface area contributed by atoms with Crippen molar-refractivity contribution in [2.45, 2.75) is 0 Å². The van der Waals surface area contributed by atoms with Crippen LogP contribution in [-0.4, -0.2) is 19.2 Å². The first-order valence-electron chi connectivity index (χ1n) is 5.82. The van der Waals surface area contributed by atoms with Gasteiger partial charge in [-0.15, -0.1) is 0 Å². The molecule has 6 heteroatoms. The number of nitrogen functional groups attached to an aromatic ring is 1. The molecule has 1 aromatic heterocycles. The number of methoxy groups -OCH3 is 2. The number of hydrogen-bond donors (Lipinski definition) is 2. The van der Waals surface area contributed by atoms with Crippen LogP contribution in [0.15, 0.2) is 30.5 Å². The number of hydrogen-bond acceptors (Lipinski definition) is 6. The Labute approximate surface area is 116 Å². The van der Waals surface area contributed by atoms with Crippen molar-refractivity contribution >= 4 is 17.2 Å². The molecule has 0 aliphatic rings. The molecule has 2 aromatic rings. The van der Waals surface area contributed by atoms with Gasteiger partial charge in [-0.3, -0.25) is 0 Å².